The number of thiophene rings is 1. The zero-order chi connectivity index (χ0) is 22.0. The van der Waals surface area contributed by atoms with Crippen LogP contribution in [0.5, 0.6) is 0 Å². The number of ether oxygens (including phenoxy) is 1. The van der Waals surface area contributed by atoms with E-state index in [1.54, 1.807) is 26.0 Å². The Bertz CT molecular complexity index is 1240. The minimum atomic E-state index is -1.31. The number of esters is 1. The first kappa shape index (κ1) is 21.6. The van der Waals surface area contributed by atoms with E-state index in [4.69, 9.17) is 17.7 Å². The van der Waals surface area contributed by atoms with Gasteiger partial charge in [0.2, 0.25) is 0 Å². The number of fused-ring (bicyclic) bond motifs is 1. The van der Waals surface area contributed by atoms with Crippen molar-refractivity contribution in [2.24, 2.45) is 0 Å². The van der Waals surface area contributed by atoms with Crippen LogP contribution in [0, 0.1) is 6.92 Å². The molecule has 1 aromatic carbocycles. The molecule has 0 amide bonds. The number of hydrogen-bond donors (Lipinski definition) is 1. The van der Waals surface area contributed by atoms with Gasteiger partial charge in [0.05, 0.1) is 12.0 Å². The molecule has 0 bridgehead atoms. The number of carboxylic acid groups (broad SMARTS) is 1. The van der Waals surface area contributed by atoms with Crippen molar-refractivity contribution in [3.63, 3.8) is 0 Å². The third kappa shape index (κ3) is 4.09. The Morgan fingerprint density at radius 2 is 1.83 bits per heavy atom. The molecule has 8 nitrogen and oxygen atoms in total. The van der Waals surface area contributed by atoms with Gasteiger partial charge in [0.15, 0.2) is 0 Å². The van der Waals surface area contributed by atoms with Gasteiger partial charge in [-0.15, -0.1) is 11.3 Å². The molecule has 3 rings (SSSR count). The summed E-state index contributed by atoms with van der Waals surface area (Å²) in [6.07, 6.45) is 0.451. The normalized spacial score (nSPS) is 11.0. The number of carbonyl (C=O) groups is 2. The lowest BCUT2D eigenvalue weighted by Crippen LogP contribution is -2.41. The summed E-state index contributed by atoms with van der Waals surface area (Å²) >= 11 is 1.000. The molecule has 30 heavy (non-hydrogen) atoms. The molecule has 0 fully saturated rings. The number of rotatable bonds is 7. The van der Waals surface area contributed by atoms with E-state index in [0.29, 0.717) is 26.8 Å². The molecule has 0 aliphatic rings. The number of aromatic nitrogens is 2. The Kier molecular flexibility index (Phi) is 6.26. The van der Waals surface area contributed by atoms with Crippen LogP contribution < -0.4 is 16.7 Å². The van der Waals surface area contributed by atoms with Crippen LogP contribution in [0.2, 0.25) is 0 Å². The van der Waals surface area contributed by atoms with E-state index in [9.17, 15) is 19.2 Å². The highest BCUT2D eigenvalue weighted by Gasteiger charge is 2.24. The molecule has 0 saturated carbocycles. The average molecular weight is 426 g/mol. The summed E-state index contributed by atoms with van der Waals surface area (Å²) in [6, 6.07) is 7.14. The number of aliphatic carboxylic acids is 1. The van der Waals surface area contributed by atoms with Crippen LogP contribution >= 0.6 is 11.3 Å². The Labute approximate surface area is 176 Å². The zero-order valence-corrected chi connectivity index (χ0v) is 17.3. The lowest BCUT2D eigenvalue weighted by molar-refractivity contribution is -0.137. The van der Waals surface area contributed by atoms with Gasteiger partial charge in [-0.1, -0.05) is 29.7 Å². The van der Waals surface area contributed by atoms with Crippen LogP contribution in [0.25, 0.3) is 10.2 Å². The van der Waals surface area contributed by atoms with E-state index in [-0.39, 0.29) is 23.4 Å². The van der Waals surface area contributed by atoms with Crippen LogP contribution in [-0.2, 0) is 29.0 Å². The molecule has 2 aromatic heterocycles. The molecule has 0 spiro atoms. The molecule has 10 heteroatoms. The standard InChI is InChI=1S/C20H19BN2O6S/c1-3-29-19(27)16-11(2)15-17(26)23(10-14(24)25)20(28)22(18(15)30-16)9-8-12-4-6-13(21)7-5-12/h4-7H,3,8-10H2,1-2H3,(H,24,25). The summed E-state index contributed by atoms with van der Waals surface area (Å²) in [5, 5.41) is 9.31. The molecule has 0 atom stereocenters. The SMILES string of the molecule is [B]c1ccc(CCn2c(=O)n(CC(=O)O)c(=O)c3c(C)c(C(=O)OCC)sc32)cc1. The van der Waals surface area contributed by atoms with Crippen LogP contribution in [-0.4, -0.2) is 40.6 Å². The molecule has 3 aromatic rings. The van der Waals surface area contributed by atoms with Crippen molar-refractivity contribution in [1.82, 2.24) is 9.13 Å². The quantitative estimate of drug-likeness (QED) is 0.443. The molecule has 1 N–H and O–H groups in total. The second-order valence-corrected chi connectivity index (χ2v) is 7.67. The van der Waals surface area contributed by atoms with Gasteiger partial charge in [-0.05, 0) is 31.4 Å². The van der Waals surface area contributed by atoms with E-state index >= 15 is 0 Å². The van der Waals surface area contributed by atoms with E-state index in [1.165, 1.54) is 4.57 Å². The van der Waals surface area contributed by atoms with Gasteiger partial charge in [0, 0.05) is 6.54 Å². The summed E-state index contributed by atoms with van der Waals surface area (Å²) in [5.74, 6) is -1.89. The average Bonchev–Trinajstić information content (AvgIpc) is 3.04. The molecule has 0 saturated heterocycles. The number of carbonyl (C=O) groups excluding carboxylic acids is 1. The molecule has 2 heterocycles. The van der Waals surface area contributed by atoms with Crippen molar-refractivity contribution in [2.45, 2.75) is 33.4 Å². The molecule has 154 valence electrons. The van der Waals surface area contributed by atoms with Crippen molar-refractivity contribution in [1.29, 1.82) is 0 Å². The van der Waals surface area contributed by atoms with Crippen molar-refractivity contribution < 1.29 is 19.4 Å². The molecule has 0 unspecified atom stereocenters. The van der Waals surface area contributed by atoms with Crippen LogP contribution in [0.15, 0.2) is 33.9 Å². The highest BCUT2D eigenvalue weighted by Crippen LogP contribution is 2.28. The Morgan fingerprint density at radius 3 is 2.43 bits per heavy atom. The summed E-state index contributed by atoms with van der Waals surface area (Å²) in [4.78, 5) is 49.9. The van der Waals surface area contributed by atoms with Gasteiger partial charge >= 0.3 is 17.6 Å². The Balaban J connectivity index is 2.19. The summed E-state index contributed by atoms with van der Waals surface area (Å²) < 4.78 is 7.08. The van der Waals surface area contributed by atoms with Gasteiger partial charge < -0.3 is 9.84 Å². The summed E-state index contributed by atoms with van der Waals surface area (Å²) in [5.41, 5.74) is 0.437. The van der Waals surface area contributed by atoms with E-state index in [2.05, 4.69) is 0 Å². The number of carboxylic acids is 1. The fourth-order valence-electron chi connectivity index (χ4n) is 3.18. The van der Waals surface area contributed by atoms with Gasteiger partial charge in [-0.3, -0.25) is 14.2 Å². The third-order valence-corrected chi connectivity index (χ3v) is 5.95. The van der Waals surface area contributed by atoms with E-state index in [1.807, 2.05) is 12.1 Å². The second-order valence-electron chi connectivity index (χ2n) is 6.67. The molecule has 0 aliphatic carbocycles. The summed E-state index contributed by atoms with van der Waals surface area (Å²) in [6.45, 7) is 2.86. The number of hydrogen-bond acceptors (Lipinski definition) is 6. The maximum atomic E-state index is 13.0. The highest BCUT2D eigenvalue weighted by molar-refractivity contribution is 7.20. The van der Waals surface area contributed by atoms with Crippen LogP contribution in [0.4, 0.5) is 0 Å². The molecular weight excluding hydrogens is 407 g/mol. The van der Waals surface area contributed by atoms with Gasteiger partial charge in [0.1, 0.15) is 24.1 Å². The summed E-state index contributed by atoms with van der Waals surface area (Å²) in [7, 11) is 5.70. The molecular formula is C20H19BN2O6S. The Hall–Kier alpha value is -3.14. The zero-order valence-electron chi connectivity index (χ0n) is 16.5. The fourth-order valence-corrected chi connectivity index (χ4v) is 4.40. The first-order valence-electron chi connectivity index (χ1n) is 9.24. The first-order chi connectivity index (χ1) is 14.2. The highest BCUT2D eigenvalue weighted by atomic mass is 32.1. The number of aryl methyl sites for hydroxylation is 3. The lowest BCUT2D eigenvalue weighted by Gasteiger charge is -2.11. The van der Waals surface area contributed by atoms with Crippen molar-refractivity contribution in [2.75, 3.05) is 6.61 Å². The van der Waals surface area contributed by atoms with Gasteiger partial charge in [-0.2, -0.15) is 0 Å². The smallest absolute Gasteiger partial charge is 0.348 e. The second kappa shape index (κ2) is 8.70. The Morgan fingerprint density at radius 1 is 1.17 bits per heavy atom. The van der Waals surface area contributed by atoms with Gasteiger partial charge in [-0.25, -0.2) is 14.2 Å². The maximum absolute atomic E-state index is 13.0. The van der Waals surface area contributed by atoms with Crippen LogP contribution in [0.1, 0.15) is 27.7 Å². The van der Waals surface area contributed by atoms with Crippen molar-refractivity contribution >= 4 is 46.8 Å². The van der Waals surface area contributed by atoms with Crippen LogP contribution in [0.3, 0.4) is 0 Å². The lowest BCUT2D eigenvalue weighted by atomic mass is 9.95. The minimum absolute atomic E-state index is 0.154. The van der Waals surface area contributed by atoms with E-state index in [0.717, 1.165) is 16.9 Å². The number of nitrogens with zero attached hydrogens (tertiary/aromatic N) is 2. The predicted molar refractivity (Wildman–Crippen MR) is 114 cm³/mol. The predicted octanol–water partition coefficient (Wildman–Crippen LogP) is 0.831. The minimum Gasteiger partial charge on any atom is -0.480 e. The largest absolute Gasteiger partial charge is 0.480 e. The molecule has 0 aliphatic heterocycles. The van der Waals surface area contributed by atoms with Crippen molar-refractivity contribution in [3.8, 4) is 0 Å². The third-order valence-electron chi connectivity index (χ3n) is 4.65. The first-order valence-corrected chi connectivity index (χ1v) is 10.1. The van der Waals surface area contributed by atoms with Gasteiger partial charge in [0.25, 0.3) is 5.56 Å². The van der Waals surface area contributed by atoms with E-state index < -0.39 is 29.7 Å². The maximum Gasteiger partial charge on any atom is 0.348 e. The number of benzene rings is 1. The fraction of sp³-hybridized carbons (Fsp3) is 0.300. The van der Waals surface area contributed by atoms with Crippen molar-refractivity contribution in [3.05, 3.63) is 61.1 Å². The topological polar surface area (TPSA) is 108 Å². The monoisotopic (exact) mass is 426 g/mol. The molecule has 2 radical (unpaired) electrons.